The summed E-state index contributed by atoms with van der Waals surface area (Å²) in [5.74, 6) is -0.480. The molecule has 0 aromatic heterocycles. The highest BCUT2D eigenvalue weighted by Gasteiger charge is 2.51. The molecule has 1 fully saturated rings. The van der Waals surface area contributed by atoms with E-state index >= 15 is 0 Å². The number of esters is 1. The summed E-state index contributed by atoms with van der Waals surface area (Å²) in [5.41, 5.74) is 0. The number of unbranched alkanes of at least 4 members (excludes halogenated alkanes) is 28. The first-order chi connectivity index (χ1) is 30.5. The van der Waals surface area contributed by atoms with Crippen molar-refractivity contribution < 1.29 is 58.3 Å². The SMILES string of the molecule is CCCCCCCC/C=C\CCCCCCCCCC(=O)OC(COCCCCCCCCCC/C=C\CCCCCCCCC)COP(=O)(O)OC1C(O)C(O)C(O)C(O)C1O. The highest BCUT2D eigenvalue weighted by molar-refractivity contribution is 7.47. The van der Waals surface area contributed by atoms with Crippen LogP contribution in [0.15, 0.2) is 24.3 Å². The zero-order chi connectivity index (χ0) is 46.2. The second-order valence-electron chi connectivity index (χ2n) is 18.0. The number of aliphatic hydroxyl groups excluding tert-OH is 5. The molecule has 6 N–H and O–H groups in total. The van der Waals surface area contributed by atoms with Crippen LogP contribution in [0.3, 0.4) is 0 Å². The summed E-state index contributed by atoms with van der Waals surface area (Å²) in [4.78, 5) is 23.2. The van der Waals surface area contributed by atoms with Gasteiger partial charge in [0, 0.05) is 13.0 Å². The molecule has 0 heterocycles. The van der Waals surface area contributed by atoms with E-state index in [-0.39, 0.29) is 13.0 Å². The maximum absolute atomic E-state index is 12.8. The summed E-state index contributed by atoms with van der Waals surface area (Å²) in [5, 5.41) is 50.3. The summed E-state index contributed by atoms with van der Waals surface area (Å²) >= 11 is 0. The molecular weight excluding hydrogens is 824 g/mol. The number of hydrogen-bond acceptors (Lipinski definition) is 11. The number of ether oxygens (including phenoxy) is 2. The van der Waals surface area contributed by atoms with Gasteiger partial charge in [-0.2, -0.15) is 0 Å². The molecule has 1 rings (SSSR count). The molecule has 6 unspecified atom stereocenters. The van der Waals surface area contributed by atoms with Crippen molar-refractivity contribution in [3.8, 4) is 0 Å². The molecule has 63 heavy (non-hydrogen) atoms. The van der Waals surface area contributed by atoms with Crippen LogP contribution in [0.1, 0.15) is 226 Å². The van der Waals surface area contributed by atoms with Gasteiger partial charge in [0.1, 0.15) is 42.7 Å². The quantitative estimate of drug-likeness (QED) is 0.0147. The van der Waals surface area contributed by atoms with Crippen molar-refractivity contribution >= 4 is 13.8 Å². The summed E-state index contributed by atoms with van der Waals surface area (Å²) in [7, 11) is -5.02. The van der Waals surface area contributed by atoms with E-state index in [9.17, 15) is 39.8 Å². The maximum atomic E-state index is 12.8. The van der Waals surface area contributed by atoms with Gasteiger partial charge in [-0.3, -0.25) is 13.8 Å². The molecule has 13 heteroatoms. The van der Waals surface area contributed by atoms with Crippen LogP contribution < -0.4 is 0 Å². The van der Waals surface area contributed by atoms with Crippen LogP contribution in [0, 0.1) is 0 Å². The Kier molecular flexibility index (Phi) is 39.0. The van der Waals surface area contributed by atoms with E-state index < -0.39 is 63.1 Å². The molecule has 0 radical (unpaired) electrons. The van der Waals surface area contributed by atoms with Crippen molar-refractivity contribution in [2.75, 3.05) is 19.8 Å². The number of allylic oxidation sites excluding steroid dienone is 4. The summed E-state index contributed by atoms with van der Waals surface area (Å²) in [6, 6.07) is 0. The molecule has 0 aromatic rings. The van der Waals surface area contributed by atoms with Gasteiger partial charge in [0.25, 0.3) is 0 Å². The Balaban J connectivity index is 2.35. The lowest BCUT2D eigenvalue weighted by Crippen LogP contribution is -2.64. The van der Waals surface area contributed by atoms with Gasteiger partial charge in [0.15, 0.2) is 0 Å². The number of carbonyl (C=O) groups excluding carboxylic acids is 1. The zero-order valence-corrected chi connectivity index (χ0v) is 40.8. The van der Waals surface area contributed by atoms with Crippen molar-refractivity contribution in [2.24, 2.45) is 0 Å². The lowest BCUT2D eigenvalue weighted by molar-refractivity contribution is -0.220. The molecule has 1 saturated carbocycles. The number of phosphoric ester groups is 1. The standard InChI is InChI=1S/C50H95O12P/c1-3-5-7-9-11-13-15-17-19-21-22-24-26-28-30-32-34-36-38-40-59-41-43(42-60-63(57,58)62-50-48(55)46(53)45(52)47(54)49(50)56)61-44(51)39-37-35-33-31-29-27-25-23-20-18-16-14-12-10-8-6-4-2/h18-21,43,45-50,52-56H,3-17,22-42H2,1-2H3,(H,57,58)/b20-18-,21-19-. The minimum atomic E-state index is -5.02. The summed E-state index contributed by atoms with van der Waals surface area (Å²) in [6.07, 6.45) is 35.3. The van der Waals surface area contributed by atoms with Gasteiger partial charge >= 0.3 is 13.8 Å². The number of hydrogen-bond donors (Lipinski definition) is 6. The lowest BCUT2D eigenvalue weighted by atomic mass is 9.85. The Morgan fingerprint density at radius 2 is 0.841 bits per heavy atom. The number of rotatable bonds is 44. The Hall–Kier alpha value is -1.18. The fourth-order valence-corrected chi connectivity index (χ4v) is 8.91. The van der Waals surface area contributed by atoms with E-state index in [0.29, 0.717) is 13.0 Å². The Bertz CT molecular complexity index is 1140. The van der Waals surface area contributed by atoms with Gasteiger partial charge in [-0.1, -0.05) is 179 Å². The predicted octanol–water partition coefficient (Wildman–Crippen LogP) is 11.3. The van der Waals surface area contributed by atoms with E-state index in [4.69, 9.17) is 18.5 Å². The molecule has 0 saturated heterocycles. The monoisotopic (exact) mass is 919 g/mol. The fourth-order valence-electron chi connectivity index (χ4n) is 7.93. The van der Waals surface area contributed by atoms with Crippen LogP contribution in [-0.2, 0) is 27.9 Å². The van der Waals surface area contributed by atoms with Crippen molar-refractivity contribution in [1.82, 2.24) is 0 Å². The average Bonchev–Trinajstić information content (AvgIpc) is 3.27. The smallest absolute Gasteiger partial charge is 0.457 e. The van der Waals surface area contributed by atoms with Crippen molar-refractivity contribution in [3.05, 3.63) is 24.3 Å². The second-order valence-corrected chi connectivity index (χ2v) is 19.4. The molecular formula is C50H95O12P. The molecule has 6 atom stereocenters. The van der Waals surface area contributed by atoms with Gasteiger partial charge in [0.2, 0.25) is 0 Å². The van der Waals surface area contributed by atoms with E-state index in [1.807, 2.05) is 0 Å². The molecule has 1 aliphatic rings. The van der Waals surface area contributed by atoms with E-state index in [2.05, 4.69) is 38.2 Å². The van der Waals surface area contributed by atoms with Gasteiger partial charge in [-0.05, 0) is 64.2 Å². The molecule has 12 nitrogen and oxygen atoms in total. The lowest BCUT2D eigenvalue weighted by Gasteiger charge is -2.41. The Morgan fingerprint density at radius 1 is 0.492 bits per heavy atom. The number of aliphatic hydroxyl groups is 5. The maximum Gasteiger partial charge on any atom is 0.472 e. The van der Waals surface area contributed by atoms with Gasteiger partial charge in [-0.25, -0.2) is 4.57 Å². The van der Waals surface area contributed by atoms with Crippen LogP contribution in [-0.4, -0.2) is 98.9 Å². The molecule has 1 aliphatic carbocycles. The summed E-state index contributed by atoms with van der Waals surface area (Å²) in [6.45, 7) is 4.27. The predicted molar refractivity (Wildman–Crippen MR) is 253 cm³/mol. The largest absolute Gasteiger partial charge is 0.472 e. The zero-order valence-electron chi connectivity index (χ0n) is 39.9. The van der Waals surface area contributed by atoms with Gasteiger partial charge < -0.3 is 39.9 Å². The topological polar surface area (TPSA) is 192 Å². The molecule has 0 amide bonds. The minimum absolute atomic E-state index is 0.0776. The molecule has 372 valence electrons. The first-order valence-electron chi connectivity index (χ1n) is 25.7. The van der Waals surface area contributed by atoms with Gasteiger partial charge in [0.05, 0.1) is 13.2 Å². The normalized spacial score (nSPS) is 22.0. The third kappa shape index (κ3) is 33.0. The van der Waals surface area contributed by atoms with Crippen molar-refractivity contribution in [3.63, 3.8) is 0 Å². The highest BCUT2D eigenvalue weighted by atomic mass is 31.2. The Morgan fingerprint density at radius 3 is 1.25 bits per heavy atom. The van der Waals surface area contributed by atoms with Gasteiger partial charge in [-0.15, -0.1) is 0 Å². The Labute approximate surface area is 383 Å². The third-order valence-corrected chi connectivity index (χ3v) is 13.0. The van der Waals surface area contributed by atoms with Crippen LogP contribution in [0.5, 0.6) is 0 Å². The van der Waals surface area contributed by atoms with Crippen molar-refractivity contribution in [1.29, 1.82) is 0 Å². The van der Waals surface area contributed by atoms with Crippen LogP contribution in [0.4, 0.5) is 0 Å². The average molecular weight is 919 g/mol. The van der Waals surface area contributed by atoms with Crippen LogP contribution in [0.2, 0.25) is 0 Å². The minimum Gasteiger partial charge on any atom is -0.457 e. The number of phosphoric acid groups is 1. The van der Waals surface area contributed by atoms with E-state index in [0.717, 1.165) is 44.9 Å². The number of carbonyl (C=O) groups is 1. The molecule has 0 spiro atoms. The molecule has 0 aromatic carbocycles. The van der Waals surface area contributed by atoms with E-state index in [1.165, 1.54) is 154 Å². The fraction of sp³-hybridized carbons (Fsp3) is 0.900. The third-order valence-electron chi connectivity index (χ3n) is 12.0. The molecule has 0 bridgehead atoms. The van der Waals surface area contributed by atoms with E-state index in [1.54, 1.807) is 0 Å². The summed E-state index contributed by atoms with van der Waals surface area (Å²) < 4.78 is 34.3. The van der Waals surface area contributed by atoms with Crippen LogP contribution in [0.25, 0.3) is 0 Å². The highest BCUT2D eigenvalue weighted by Crippen LogP contribution is 2.47. The first-order valence-corrected chi connectivity index (χ1v) is 27.2. The molecule has 0 aliphatic heterocycles. The second kappa shape index (κ2) is 41.0. The van der Waals surface area contributed by atoms with Crippen molar-refractivity contribution in [2.45, 2.75) is 268 Å². The first kappa shape index (κ1) is 59.8. The van der Waals surface area contributed by atoms with Crippen LogP contribution >= 0.6 is 7.82 Å².